The lowest BCUT2D eigenvalue weighted by Crippen LogP contribution is -2.13. The van der Waals surface area contributed by atoms with Crippen molar-refractivity contribution in [3.8, 4) is 11.4 Å². The van der Waals surface area contributed by atoms with Gasteiger partial charge in [0.15, 0.2) is 11.6 Å². The average molecular weight is 250 g/mol. The Morgan fingerprint density at radius 1 is 1.35 bits per heavy atom. The van der Waals surface area contributed by atoms with Crippen LogP contribution in [0.4, 0.5) is 5.00 Å². The number of nitrogens with two attached hydrogens (primary N) is 1. The Morgan fingerprint density at radius 2 is 2.00 bits per heavy atom. The van der Waals surface area contributed by atoms with Crippen LogP contribution in [0.2, 0.25) is 0 Å². The Hall–Kier alpha value is -1.36. The Balaban J connectivity index is 2.54. The molecule has 2 aromatic heterocycles. The summed E-state index contributed by atoms with van der Waals surface area (Å²) in [5.74, 6) is 1.69. The van der Waals surface area contributed by atoms with Crippen molar-refractivity contribution in [2.45, 2.75) is 33.1 Å². The third-order valence-electron chi connectivity index (χ3n) is 2.56. The van der Waals surface area contributed by atoms with Gasteiger partial charge in [-0.2, -0.15) is 5.10 Å². The highest BCUT2D eigenvalue weighted by molar-refractivity contribution is 7.16. The number of anilines is 1. The maximum atomic E-state index is 6.00. The molecule has 0 aliphatic heterocycles. The zero-order valence-electron chi connectivity index (χ0n) is 10.9. The van der Waals surface area contributed by atoms with Gasteiger partial charge in [0, 0.05) is 17.3 Å². The standard InChI is InChI=1S/C12H18N4S/c1-7-6-8(9(13)17-7)10-14-11(12(2,3)4)15-16(10)5/h6H,13H2,1-5H3. The molecule has 2 heterocycles. The van der Waals surface area contributed by atoms with Crippen LogP contribution < -0.4 is 5.73 Å². The molecule has 2 N–H and O–H groups in total. The minimum atomic E-state index is -0.0458. The van der Waals surface area contributed by atoms with Gasteiger partial charge in [-0.05, 0) is 13.0 Å². The molecule has 5 heteroatoms. The summed E-state index contributed by atoms with van der Waals surface area (Å²) < 4.78 is 1.80. The molecule has 0 radical (unpaired) electrons. The fourth-order valence-electron chi connectivity index (χ4n) is 1.64. The second kappa shape index (κ2) is 3.84. The number of thiophene rings is 1. The number of rotatable bonds is 1. The van der Waals surface area contributed by atoms with Gasteiger partial charge in [-0.3, -0.25) is 0 Å². The molecule has 4 nitrogen and oxygen atoms in total. The molecule has 2 aromatic rings. The van der Waals surface area contributed by atoms with Gasteiger partial charge in [0.1, 0.15) is 0 Å². The number of nitrogens with zero attached hydrogens (tertiary/aromatic N) is 3. The normalized spacial score (nSPS) is 12.1. The van der Waals surface area contributed by atoms with E-state index in [1.54, 1.807) is 16.0 Å². The maximum absolute atomic E-state index is 6.00. The summed E-state index contributed by atoms with van der Waals surface area (Å²) in [5, 5.41) is 5.27. The molecule has 17 heavy (non-hydrogen) atoms. The van der Waals surface area contributed by atoms with Crippen molar-refractivity contribution < 1.29 is 0 Å². The molecule has 2 rings (SSSR count). The molecule has 0 bridgehead atoms. The van der Waals surface area contributed by atoms with Gasteiger partial charge in [-0.1, -0.05) is 20.8 Å². The number of aromatic nitrogens is 3. The molecular weight excluding hydrogens is 232 g/mol. The van der Waals surface area contributed by atoms with E-state index in [0.29, 0.717) is 0 Å². The summed E-state index contributed by atoms with van der Waals surface area (Å²) in [6, 6.07) is 2.07. The van der Waals surface area contributed by atoms with Gasteiger partial charge < -0.3 is 5.73 Å². The average Bonchev–Trinajstić information content (AvgIpc) is 2.68. The first-order valence-electron chi connectivity index (χ1n) is 5.57. The molecule has 0 unspecified atom stereocenters. The summed E-state index contributed by atoms with van der Waals surface area (Å²) in [4.78, 5) is 5.80. The minimum Gasteiger partial charge on any atom is -0.390 e. The Labute approximate surface area is 105 Å². The van der Waals surface area contributed by atoms with E-state index < -0.39 is 0 Å². The molecule has 0 saturated carbocycles. The van der Waals surface area contributed by atoms with Crippen LogP contribution in [0.5, 0.6) is 0 Å². The van der Waals surface area contributed by atoms with Gasteiger partial charge in [-0.25, -0.2) is 9.67 Å². The molecule has 0 spiro atoms. The molecule has 0 fully saturated rings. The van der Waals surface area contributed by atoms with E-state index in [9.17, 15) is 0 Å². The molecular formula is C12H18N4S. The largest absolute Gasteiger partial charge is 0.390 e. The highest BCUT2D eigenvalue weighted by Crippen LogP contribution is 2.33. The van der Waals surface area contributed by atoms with E-state index in [1.165, 1.54) is 4.88 Å². The van der Waals surface area contributed by atoms with Gasteiger partial charge >= 0.3 is 0 Å². The molecule has 0 atom stereocenters. The fraction of sp³-hybridized carbons (Fsp3) is 0.500. The Kier molecular flexibility index (Phi) is 2.73. The van der Waals surface area contributed by atoms with Crippen molar-refractivity contribution in [2.75, 3.05) is 5.73 Å². The van der Waals surface area contributed by atoms with Crippen LogP contribution in [-0.4, -0.2) is 14.8 Å². The SMILES string of the molecule is Cc1cc(-c2nc(C(C)(C)C)nn2C)c(N)s1. The van der Waals surface area contributed by atoms with E-state index in [1.807, 2.05) is 14.0 Å². The second-order valence-corrected chi connectivity index (χ2v) is 6.56. The van der Waals surface area contributed by atoms with E-state index in [0.717, 1.165) is 22.2 Å². The van der Waals surface area contributed by atoms with Gasteiger partial charge in [-0.15, -0.1) is 11.3 Å². The lowest BCUT2D eigenvalue weighted by molar-refractivity contribution is 0.538. The Morgan fingerprint density at radius 3 is 2.41 bits per heavy atom. The van der Waals surface area contributed by atoms with Crippen molar-refractivity contribution in [1.29, 1.82) is 0 Å². The van der Waals surface area contributed by atoms with Crippen molar-refractivity contribution >= 4 is 16.3 Å². The van der Waals surface area contributed by atoms with Crippen molar-refractivity contribution in [3.05, 3.63) is 16.8 Å². The minimum absolute atomic E-state index is 0.0458. The van der Waals surface area contributed by atoms with Crippen LogP contribution >= 0.6 is 11.3 Å². The van der Waals surface area contributed by atoms with Gasteiger partial charge in [0.25, 0.3) is 0 Å². The first-order chi connectivity index (χ1) is 7.79. The zero-order valence-corrected chi connectivity index (χ0v) is 11.7. The predicted molar refractivity (Wildman–Crippen MR) is 72.2 cm³/mol. The fourth-order valence-corrected chi connectivity index (χ4v) is 2.43. The number of hydrogen-bond donors (Lipinski definition) is 1. The van der Waals surface area contributed by atoms with Crippen LogP contribution in [0, 0.1) is 6.92 Å². The van der Waals surface area contributed by atoms with Gasteiger partial charge in [0.2, 0.25) is 0 Å². The van der Waals surface area contributed by atoms with Crippen molar-refractivity contribution in [1.82, 2.24) is 14.8 Å². The smallest absolute Gasteiger partial charge is 0.161 e. The highest BCUT2D eigenvalue weighted by Gasteiger charge is 2.22. The van der Waals surface area contributed by atoms with Crippen molar-refractivity contribution in [2.24, 2.45) is 7.05 Å². The summed E-state index contributed by atoms with van der Waals surface area (Å²) >= 11 is 1.59. The number of hydrogen-bond acceptors (Lipinski definition) is 4. The summed E-state index contributed by atoms with van der Waals surface area (Å²) in [6.07, 6.45) is 0. The predicted octanol–water partition coefficient (Wildman–Crippen LogP) is 2.73. The first kappa shape index (κ1) is 12.1. The second-order valence-electron chi connectivity index (χ2n) is 5.27. The number of nitrogen functional groups attached to an aromatic ring is 1. The molecule has 92 valence electrons. The third-order valence-corrected chi connectivity index (χ3v) is 3.44. The Bertz CT molecular complexity index is 545. The van der Waals surface area contributed by atoms with Crippen LogP contribution in [-0.2, 0) is 12.5 Å². The zero-order chi connectivity index (χ0) is 12.8. The quantitative estimate of drug-likeness (QED) is 0.846. The molecule has 0 amide bonds. The molecule has 0 aliphatic rings. The van der Waals surface area contributed by atoms with Crippen LogP contribution in [0.15, 0.2) is 6.07 Å². The van der Waals surface area contributed by atoms with Crippen LogP contribution in [0.1, 0.15) is 31.5 Å². The van der Waals surface area contributed by atoms with Crippen molar-refractivity contribution in [3.63, 3.8) is 0 Å². The molecule has 0 saturated heterocycles. The summed E-state index contributed by atoms with van der Waals surface area (Å²) in [7, 11) is 1.91. The van der Waals surface area contributed by atoms with Crippen LogP contribution in [0.25, 0.3) is 11.4 Å². The number of aryl methyl sites for hydroxylation is 2. The topological polar surface area (TPSA) is 56.7 Å². The maximum Gasteiger partial charge on any atom is 0.161 e. The highest BCUT2D eigenvalue weighted by atomic mass is 32.1. The lowest BCUT2D eigenvalue weighted by Gasteiger charge is -2.11. The molecule has 0 aromatic carbocycles. The summed E-state index contributed by atoms with van der Waals surface area (Å²) in [6.45, 7) is 8.36. The van der Waals surface area contributed by atoms with Gasteiger partial charge in [0.05, 0.1) is 10.6 Å². The van der Waals surface area contributed by atoms with E-state index in [4.69, 9.17) is 5.73 Å². The van der Waals surface area contributed by atoms with E-state index >= 15 is 0 Å². The van der Waals surface area contributed by atoms with Crippen LogP contribution in [0.3, 0.4) is 0 Å². The lowest BCUT2D eigenvalue weighted by atomic mass is 9.96. The first-order valence-corrected chi connectivity index (χ1v) is 6.38. The molecule has 0 aliphatic carbocycles. The monoisotopic (exact) mass is 250 g/mol. The van der Waals surface area contributed by atoms with E-state index in [-0.39, 0.29) is 5.41 Å². The summed E-state index contributed by atoms with van der Waals surface area (Å²) in [5.41, 5.74) is 6.94. The van der Waals surface area contributed by atoms with E-state index in [2.05, 4.69) is 36.9 Å². The third kappa shape index (κ3) is 2.20.